The van der Waals surface area contributed by atoms with E-state index in [9.17, 15) is 4.79 Å². The van der Waals surface area contributed by atoms with Crippen molar-refractivity contribution in [3.63, 3.8) is 0 Å². The summed E-state index contributed by atoms with van der Waals surface area (Å²) in [6.07, 6.45) is 4.54. The Morgan fingerprint density at radius 2 is 1.86 bits per heavy atom. The van der Waals surface area contributed by atoms with E-state index < -0.39 is 0 Å². The van der Waals surface area contributed by atoms with Crippen LogP contribution in [0.4, 0.5) is 0 Å². The summed E-state index contributed by atoms with van der Waals surface area (Å²) in [5.74, 6) is -0.0812. The van der Waals surface area contributed by atoms with E-state index in [1.165, 1.54) is 6.42 Å². The molecular formula is C15H21Cl3N2O. The van der Waals surface area contributed by atoms with Crippen molar-refractivity contribution in [3.8, 4) is 0 Å². The highest BCUT2D eigenvalue weighted by Crippen LogP contribution is 2.24. The summed E-state index contributed by atoms with van der Waals surface area (Å²) >= 11 is 11.8. The molecule has 2 atom stereocenters. The average molecular weight is 352 g/mol. The minimum Gasteiger partial charge on any atom is -0.348 e. The molecule has 1 aromatic carbocycles. The first-order valence-electron chi connectivity index (χ1n) is 6.91. The van der Waals surface area contributed by atoms with Crippen LogP contribution in [-0.2, 0) is 0 Å². The Bertz CT molecular complexity index is 494. The molecule has 1 aromatic rings. The van der Waals surface area contributed by atoms with Crippen LogP contribution in [0.25, 0.3) is 0 Å². The van der Waals surface area contributed by atoms with Crippen molar-refractivity contribution in [2.45, 2.75) is 37.8 Å². The number of hydrogen-bond donors (Lipinski definition) is 1. The van der Waals surface area contributed by atoms with Gasteiger partial charge in [-0.3, -0.25) is 4.79 Å². The fraction of sp³-hybridized carbons (Fsp3) is 0.533. The monoisotopic (exact) mass is 350 g/mol. The predicted octanol–water partition coefficient (Wildman–Crippen LogP) is 4.02. The molecule has 2 rings (SSSR count). The van der Waals surface area contributed by atoms with E-state index in [4.69, 9.17) is 23.2 Å². The summed E-state index contributed by atoms with van der Waals surface area (Å²) in [6, 6.07) is 5.57. The predicted molar refractivity (Wildman–Crippen MR) is 90.9 cm³/mol. The second-order valence-electron chi connectivity index (χ2n) is 5.52. The van der Waals surface area contributed by atoms with Crippen LogP contribution in [0, 0.1) is 0 Å². The molecule has 118 valence electrons. The van der Waals surface area contributed by atoms with Gasteiger partial charge in [-0.2, -0.15) is 0 Å². The third-order valence-electron chi connectivity index (χ3n) is 3.89. The Labute approximate surface area is 142 Å². The lowest BCUT2D eigenvalue weighted by Gasteiger charge is -2.36. The second-order valence-corrected chi connectivity index (χ2v) is 6.34. The number of rotatable bonds is 3. The zero-order valence-electron chi connectivity index (χ0n) is 12.2. The van der Waals surface area contributed by atoms with Gasteiger partial charge in [-0.05, 0) is 45.1 Å². The maximum absolute atomic E-state index is 12.3. The molecule has 0 aliphatic heterocycles. The van der Waals surface area contributed by atoms with E-state index in [1.807, 2.05) is 0 Å². The van der Waals surface area contributed by atoms with Gasteiger partial charge in [-0.1, -0.05) is 36.0 Å². The van der Waals surface area contributed by atoms with Gasteiger partial charge in [0.2, 0.25) is 0 Å². The van der Waals surface area contributed by atoms with Gasteiger partial charge >= 0.3 is 0 Å². The van der Waals surface area contributed by atoms with Crippen LogP contribution in [0.1, 0.15) is 36.0 Å². The maximum atomic E-state index is 12.3. The van der Waals surface area contributed by atoms with Crippen molar-refractivity contribution >= 4 is 41.5 Å². The van der Waals surface area contributed by atoms with Gasteiger partial charge in [0.25, 0.3) is 5.91 Å². The van der Waals surface area contributed by atoms with Crippen molar-refractivity contribution in [2.24, 2.45) is 0 Å². The van der Waals surface area contributed by atoms with Gasteiger partial charge < -0.3 is 10.2 Å². The molecular weight excluding hydrogens is 331 g/mol. The Morgan fingerprint density at radius 1 is 1.19 bits per heavy atom. The number of benzene rings is 1. The lowest BCUT2D eigenvalue weighted by Crippen LogP contribution is -2.51. The molecule has 0 aromatic heterocycles. The van der Waals surface area contributed by atoms with Crippen LogP contribution >= 0.6 is 35.6 Å². The van der Waals surface area contributed by atoms with Crippen LogP contribution in [0.15, 0.2) is 18.2 Å². The van der Waals surface area contributed by atoms with Crippen LogP contribution in [0.2, 0.25) is 10.0 Å². The van der Waals surface area contributed by atoms with Crippen LogP contribution in [-0.4, -0.2) is 37.0 Å². The van der Waals surface area contributed by atoms with Crippen LogP contribution in [0.5, 0.6) is 0 Å². The van der Waals surface area contributed by atoms with Gasteiger partial charge in [0.15, 0.2) is 0 Å². The molecule has 1 amide bonds. The van der Waals surface area contributed by atoms with Gasteiger partial charge in [-0.15, -0.1) is 12.4 Å². The fourth-order valence-corrected chi connectivity index (χ4v) is 3.08. The summed E-state index contributed by atoms with van der Waals surface area (Å²) in [5.41, 5.74) is 0.558. The van der Waals surface area contributed by atoms with Crippen molar-refractivity contribution in [3.05, 3.63) is 33.8 Å². The molecule has 0 radical (unpaired) electrons. The molecule has 1 aliphatic carbocycles. The van der Waals surface area contributed by atoms with E-state index >= 15 is 0 Å². The third-order valence-corrected chi connectivity index (χ3v) is 4.63. The zero-order valence-corrected chi connectivity index (χ0v) is 14.6. The molecule has 3 nitrogen and oxygen atoms in total. The minimum absolute atomic E-state index is 0. The molecule has 1 saturated carbocycles. The molecule has 21 heavy (non-hydrogen) atoms. The summed E-state index contributed by atoms with van der Waals surface area (Å²) in [5, 5.41) is 4.01. The lowest BCUT2D eigenvalue weighted by molar-refractivity contribution is 0.0883. The number of amides is 1. The number of halogens is 3. The van der Waals surface area contributed by atoms with Gasteiger partial charge in [-0.25, -0.2) is 0 Å². The van der Waals surface area contributed by atoms with Crippen molar-refractivity contribution in [2.75, 3.05) is 14.1 Å². The maximum Gasteiger partial charge on any atom is 0.251 e. The second kappa shape index (κ2) is 8.23. The Balaban J connectivity index is 0.00000220. The first-order valence-corrected chi connectivity index (χ1v) is 7.67. The largest absolute Gasteiger partial charge is 0.348 e. The van der Waals surface area contributed by atoms with Crippen LogP contribution < -0.4 is 5.32 Å². The molecule has 1 aliphatic rings. The quantitative estimate of drug-likeness (QED) is 0.892. The highest BCUT2D eigenvalue weighted by atomic mass is 35.5. The van der Waals surface area contributed by atoms with Gasteiger partial charge in [0.05, 0.1) is 10.0 Å². The highest BCUT2D eigenvalue weighted by Gasteiger charge is 2.28. The zero-order chi connectivity index (χ0) is 14.7. The standard InChI is InChI=1S/C15H20Cl2N2O.ClH/c1-19(2)14-6-4-3-5-13(14)18-15(20)10-7-8-11(16)12(17)9-10;/h7-9,13-14H,3-6H2,1-2H3,(H,18,20);1H/t13-,14-;/m1./s1. The number of carbonyl (C=O) groups excluding carboxylic acids is 1. The molecule has 0 unspecified atom stereocenters. The Morgan fingerprint density at radius 3 is 2.48 bits per heavy atom. The Kier molecular flexibility index (Phi) is 7.28. The van der Waals surface area contributed by atoms with E-state index in [1.54, 1.807) is 18.2 Å². The van der Waals surface area contributed by atoms with Crippen molar-refractivity contribution in [1.82, 2.24) is 10.2 Å². The third kappa shape index (κ3) is 4.75. The summed E-state index contributed by atoms with van der Waals surface area (Å²) in [7, 11) is 4.13. The molecule has 1 fully saturated rings. The van der Waals surface area contributed by atoms with E-state index in [-0.39, 0.29) is 24.4 Å². The van der Waals surface area contributed by atoms with E-state index in [0.29, 0.717) is 21.7 Å². The molecule has 0 bridgehead atoms. The fourth-order valence-electron chi connectivity index (χ4n) is 2.79. The number of likely N-dealkylation sites (N-methyl/N-ethyl adjacent to an activating group) is 1. The SMILES string of the molecule is CN(C)[C@@H]1CCCC[C@H]1NC(=O)c1ccc(Cl)c(Cl)c1.Cl. The number of hydrogen-bond acceptors (Lipinski definition) is 2. The van der Waals surface area contributed by atoms with Crippen LogP contribution in [0.3, 0.4) is 0 Å². The minimum atomic E-state index is -0.0812. The van der Waals surface area contributed by atoms with Gasteiger partial charge in [0.1, 0.15) is 0 Å². The first-order chi connectivity index (χ1) is 9.49. The number of nitrogens with one attached hydrogen (secondary N) is 1. The molecule has 1 N–H and O–H groups in total. The summed E-state index contributed by atoms with van der Waals surface area (Å²) in [6.45, 7) is 0. The van der Waals surface area contributed by atoms with Crippen molar-refractivity contribution in [1.29, 1.82) is 0 Å². The van der Waals surface area contributed by atoms with E-state index in [2.05, 4.69) is 24.3 Å². The lowest BCUT2D eigenvalue weighted by atomic mass is 9.89. The molecule has 0 saturated heterocycles. The molecule has 6 heteroatoms. The van der Waals surface area contributed by atoms with Crippen molar-refractivity contribution < 1.29 is 4.79 Å². The summed E-state index contributed by atoms with van der Waals surface area (Å²) in [4.78, 5) is 14.5. The normalized spacial score (nSPS) is 21.8. The average Bonchev–Trinajstić information content (AvgIpc) is 2.42. The van der Waals surface area contributed by atoms with E-state index in [0.717, 1.165) is 19.3 Å². The smallest absolute Gasteiger partial charge is 0.251 e. The topological polar surface area (TPSA) is 32.3 Å². The number of nitrogens with zero attached hydrogens (tertiary/aromatic N) is 1. The highest BCUT2D eigenvalue weighted by molar-refractivity contribution is 6.42. The summed E-state index contributed by atoms with van der Waals surface area (Å²) < 4.78 is 0. The molecule has 0 heterocycles. The first kappa shape index (κ1) is 18.6. The Hall–Kier alpha value is -0.480. The number of carbonyl (C=O) groups is 1. The molecule has 0 spiro atoms. The van der Waals surface area contributed by atoms with Gasteiger partial charge in [0, 0.05) is 17.6 Å².